The van der Waals surface area contributed by atoms with Crippen molar-refractivity contribution < 1.29 is 14.3 Å². The molecule has 0 radical (unpaired) electrons. The summed E-state index contributed by atoms with van der Waals surface area (Å²) in [5.41, 5.74) is 1.17. The van der Waals surface area contributed by atoms with Crippen molar-refractivity contribution in [1.29, 1.82) is 0 Å². The van der Waals surface area contributed by atoms with Crippen molar-refractivity contribution in [2.45, 2.75) is 32.1 Å². The van der Waals surface area contributed by atoms with E-state index in [2.05, 4.69) is 15.0 Å². The number of anilines is 1. The highest BCUT2D eigenvalue weighted by atomic mass is 16.5. The molecular weight excluding hydrogens is 330 g/mol. The van der Waals surface area contributed by atoms with E-state index in [0.717, 1.165) is 25.9 Å². The van der Waals surface area contributed by atoms with E-state index >= 15 is 0 Å². The molecule has 0 bridgehead atoms. The van der Waals surface area contributed by atoms with Crippen LogP contribution in [0.4, 0.5) is 10.5 Å². The maximum Gasteiger partial charge on any atom is 0.337 e. The molecule has 3 rings (SSSR count). The van der Waals surface area contributed by atoms with E-state index in [1.807, 2.05) is 4.90 Å². The summed E-state index contributed by atoms with van der Waals surface area (Å²) in [5, 5.41) is 2.92. The zero-order chi connectivity index (χ0) is 18.4. The first-order chi connectivity index (χ1) is 12.7. The standard InChI is InChI=1S/C20H29N3O3/c1-26-19(24)17-5-7-18(8-6-17)21-20(25)23-13-9-16(10-14-23)15-22-11-3-2-4-12-22/h5-8,16H,2-4,9-15H2,1H3,(H,21,25). The van der Waals surface area contributed by atoms with Gasteiger partial charge in [0.1, 0.15) is 0 Å². The fourth-order valence-electron chi connectivity index (χ4n) is 3.84. The third kappa shape index (κ3) is 4.97. The average molecular weight is 359 g/mol. The van der Waals surface area contributed by atoms with Crippen molar-refractivity contribution in [1.82, 2.24) is 9.80 Å². The maximum absolute atomic E-state index is 12.5. The van der Waals surface area contributed by atoms with Crippen molar-refractivity contribution in [3.05, 3.63) is 29.8 Å². The van der Waals surface area contributed by atoms with E-state index in [-0.39, 0.29) is 12.0 Å². The monoisotopic (exact) mass is 359 g/mol. The quantitative estimate of drug-likeness (QED) is 0.839. The summed E-state index contributed by atoms with van der Waals surface area (Å²) in [4.78, 5) is 28.4. The number of ether oxygens (including phenoxy) is 1. The van der Waals surface area contributed by atoms with Crippen molar-refractivity contribution in [3.8, 4) is 0 Å². The van der Waals surface area contributed by atoms with Gasteiger partial charge in [0.2, 0.25) is 0 Å². The van der Waals surface area contributed by atoms with Crippen LogP contribution in [0.15, 0.2) is 24.3 Å². The van der Waals surface area contributed by atoms with Gasteiger partial charge in [-0.1, -0.05) is 6.42 Å². The number of benzene rings is 1. The number of esters is 1. The smallest absolute Gasteiger partial charge is 0.337 e. The Balaban J connectivity index is 1.43. The number of rotatable bonds is 4. The van der Waals surface area contributed by atoms with Crippen molar-refractivity contribution in [3.63, 3.8) is 0 Å². The third-order valence-electron chi connectivity index (χ3n) is 5.42. The number of carbonyl (C=O) groups is 2. The lowest BCUT2D eigenvalue weighted by Crippen LogP contribution is -2.44. The minimum atomic E-state index is -0.376. The van der Waals surface area contributed by atoms with E-state index in [9.17, 15) is 9.59 Å². The summed E-state index contributed by atoms with van der Waals surface area (Å²) >= 11 is 0. The van der Waals surface area contributed by atoms with Crippen LogP contribution < -0.4 is 5.32 Å². The summed E-state index contributed by atoms with van der Waals surface area (Å²) in [5.74, 6) is 0.329. The lowest BCUT2D eigenvalue weighted by Gasteiger charge is -2.36. The largest absolute Gasteiger partial charge is 0.465 e. The van der Waals surface area contributed by atoms with Gasteiger partial charge < -0.3 is 19.9 Å². The van der Waals surface area contributed by atoms with E-state index in [0.29, 0.717) is 17.2 Å². The molecule has 2 aliphatic rings. The average Bonchev–Trinajstić information content (AvgIpc) is 2.69. The van der Waals surface area contributed by atoms with Crippen LogP contribution in [0.3, 0.4) is 0 Å². The number of nitrogens with one attached hydrogen (secondary N) is 1. The number of hydrogen-bond acceptors (Lipinski definition) is 4. The molecule has 0 aliphatic carbocycles. The topological polar surface area (TPSA) is 61.9 Å². The van der Waals surface area contributed by atoms with Crippen LogP contribution in [0.25, 0.3) is 0 Å². The third-order valence-corrected chi connectivity index (χ3v) is 5.42. The molecule has 26 heavy (non-hydrogen) atoms. The first-order valence-corrected chi connectivity index (χ1v) is 9.62. The van der Waals surface area contributed by atoms with E-state index < -0.39 is 0 Å². The Bertz CT molecular complexity index is 603. The van der Waals surface area contributed by atoms with Crippen LogP contribution in [-0.2, 0) is 4.74 Å². The number of piperidine rings is 2. The van der Waals surface area contributed by atoms with Crippen LogP contribution in [0.2, 0.25) is 0 Å². The van der Waals surface area contributed by atoms with E-state index in [1.54, 1.807) is 24.3 Å². The zero-order valence-electron chi connectivity index (χ0n) is 15.6. The Morgan fingerprint density at radius 1 is 1.04 bits per heavy atom. The fourth-order valence-corrected chi connectivity index (χ4v) is 3.84. The molecule has 6 nitrogen and oxygen atoms in total. The summed E-state index contributed by atoms with van der Waals surface area (Å²) < 4.78 is 4.68. The van der Waals surface area contributed by atoms with Gasteiger partial charge in [0.05, 0.1) is 12.7 Å². The van der Waals surface area contributed by atoms with Crippen LogP contribution in [0, 0.1) is 5.92 Å². The molecule has 2 heterocycles. The lowest BCUT2D eigenvalue weighted by atomic mass is 9.95. The molecule has 2 fully saturated rings. The molecule has 2 amide bonds. The summed E-state index contributed by atoms with van der Waals surface area (Å²) in [6.07, 6.45) is 6.18. The first-order valence-electron chi connectivity index (χ1n) is 9.62. The highest BCUT2D eigenvalue weighted by Crippen LogP contribution is 2.21. The molecular formula is C20H29N3O3. The summed E-state index contributed by atoms with van der Waals surface area (Å²) in [6, 6.07) is 6.71. The number of likely N-dealkylation sites (tertiary alicyclic amines) is 2. The molecule has 2 saturated heterocycles. The number of urea groups is 1. The molecule has 0 spiro atoms. The molecule has 0 aromatic heterocycles. The fraction of sp³-hybridized carbons (Fsp3) is 0.600. The number of amides is 2. The maximum atomic E-state index is 12.5. The molecule has 1 aromatic carbocycles. The van der Waals surface area contributed by atoms with Gasteiger partial charge in [0.25, 0.3) is 0 Å². The second-order valence-electron chi connectivity index (χ2n) is 7.29. The number of nitrogens with zero attached hydrogens (tertiary/aromatic N) is 2. The number of carbonyl (C=O) groups excluding carboxylic acids is 2. The van der Waals surface area contributed by atoms with Crippen LogP contribution in [-0.4, -0.2) is 61.6 Å². The van der Waals surface area contributed by atoms with Gasteiger partial charge in [-0.25, -0.2) is 9.59 Å². The lowest BCUT2D eigenvalue weighted by molar-refractivity contribution is 0.0600. The number of methoxy groups -OCH3 is 1. The molecule has 0 unspecified atom stereocenters. The predicted octanol–water partition coefficient (Wildman–Crippen LogP) is 3.20. The van der Waals surface area contributed by atoms with Crippen molar-refractivity contribution >= 4 is 17.7 Å². The minimum Gasteiger partial charge on any atom is -0.465 e. The molecule has 1 N–H and O–H groups in total. The van der Waals surface area contributed by atoms with Gasteiger partial charge in [0, 0.05) is 25.3 Å². The molecule has 2 aliphatic heterocycles. The minimum absolute atomic E-state index is 0.0627. The van der Waals surface area contributed by atoms with Crippen LogP contribution >= 0.6 is 0 Å². The second-order valence-corrected chi connectivity index (χ2v) is 7.29. The van der Waals surface area contributed by atoms with Gasteiger partial charge in [-0.05, 0) is 69.0 Å². The Hall–Kier alpha value is -2.08. The summed E-state index contributed by atoms with van der Waals surface area (Å²) in [6.45, 7) is 5.28. The normalized spacial score (nSPS) is 19.2. The molecule has 0 saturated carbocycles. The molecule has 1 aromatic rings. The van der Waals surface area contributed by atoms with E-state index in [1.165, 1.54) is 46.0 Å². The highest BCUT2D eigenvalue weighted by Gasteiger charge is 2.24. The van der Waals surface area contributed by atoms with Crippen LogP contribution in [0.5, 0.6) is 0 Å². The van der Waals surface area contributed by atoms with E-state index in [4.69, 9.17) is 0 Å². The second kappa shape index (κ2) is 9.03. The molecule has 0 atom stereocenters. The Labute approximate surface area is 155 Å². The van der Waals surface area contributed by atoms with Gasteiger partial charge in [-0.15, -0.1) is 0 Å². The Morgan fingerprint density at radius 3 is 2.31 bits per heavy atom. The van der Waals surface area contributed by atoms with Gasteiger partial charge in [-0.3, -0.25) is 0 Å². The molecule has 142 valence electrons. The molecule has 6 heteroatoms. The zero-order valence-corrected chi connectivity index (χ0v) is 15.6. The Morgan fingerprint density at radius 2 is 1.69 bits per heavy atom. The summed E-state index contributed by atoms with van der Waals surface area (Å²) in [7, 11) is 1.35. The van der Waals surface area contributed by atoms with Crippen LogP contribution in [0.1, 0.15) is 42.5 Å². The van der Waals surface area contributed by atoms with Gasteiger partial charge in [0.15, 0.2) is 0 Å². The van der Waals surface area contributed by atoms with Gasteiger partial charge >= 0.3 is 12.0 Å². The Kier molecular flexibility index (Phi) is 6.50. The van der Waals surface area contributed by atoms with Crippen molar-refractivity contribution in [2.75, 3.05) is 45.2 Å². The SMILES string of the molecule is COC(=O)c1ccc(NC(=O)N2CCC(CN3CCCCC3)CC2)cc1. The first kappa shape index (κ1) is 18.7. The number of hydrogen-bond donors (Lipinski definition) is 1. The highest BCUT2D eigenvalue weighted by molar-refractivity contribution is 5.92. The van der Waals surface area contributed by atoms with Gasteiger partial charge in [-0.2, -0.15) is 0 Å². The van der Waals surface area contributed by atoms with Crippen molar-refractivity contribution in [2.24, 2.45) is 5.92 Å². The predicted molar refractivity (Wildman–Crippen MR) is 101 cm³/mol.